The van der Waals surface area contributed by atoms with Crippen molar-refractivity contribution >= 4 is 0 Å². The summed E-state index contributed by atoms with van der Waals surface area (Å²) < 4.78 is 8.94. The van der Waals surface area contributed by atoms with Crippen LogP contribution in [0, 0.1) is 6.57 Å². The van der Waals surface area contributed by atoms with Gasteiger partial charge in [-0.1, -0.05) is 0 Å². The second-order valence-electron chi connectivity index (χ2n) is 0.908. The van der Waals surface area contributed by atoms with Crippen molar-refractivity contribution in [2.45, 2.75) is 6.41 Å². The largest absolute Gasteiger partial charge is 0.446 e. The third kappa shape index (κ3) is 2.15. The summed E-state index contributed by atoms with van der Waals surface area (Å²) in [6.45, 7) is 6.33. The van der Waals surface area contributed by atoms with Crippen LogP contribution < -0.4 is 0 Å². The predicted octanol–water partition coefficient (Wildman–Crippen LogP) is 0.482. The molecule has 0 unspecified atom stereocenters. The lowest BCUT2D eigenvalue weighted by Crippen LogP contribution is -2.05. The molecule has 0 aromatic carbocycles. The molecule has 0 bridgehead atoms. The van der Waals surface area contributed by atoms with Gasteiger partial charge in [-0.05, 0) is 0 Å². The van der Waals surface area contributed by atoms with E-state index in [-0.39, 0.29) is 0 Å². The SMILES string of the molecule is [C-]#[N+]C(OC)OC. The van der Waals surface area contributed by atoms with Gasteiger partial charge in [0, 0.05) is 14.2 Å². The average molecular weight is 101 g/mol. The minimum atomic E-state index is -0.722. The van der Waals surface area contributed by atoms with Crippen LogP contribution in [0.3, 0.4) is 0 Å². The molecule has 0 heterocycles. The second-order valence-corrected chi connectivity index (χ2v) is 0.908. The van der Waals surface area contributed by atoms with Gasteiger partial charge < -0.3 is 0 Å². The van der Waals surface area contributed by atoms with Crippen LogP contribution in [0.4, 0.5) is 0 Å². The van der Waals surface area contributed by atoms with Crippen LogP contribution in [-0.2, 0) is 9.47 Å². The summed E-state index contributed by atoms with van der Waals surface area (Å²) in [5, 5.41) is 0. The lowest BCUT2D eigenvalue weighted by molar-refractivity contribution is -0.0685. The Labute approximate surface area is 42.7 Å². The zero-order valence-electron chi connectivity index (χ0n) is 4.34. The van der Waals surface area contributed by atoms with Crippen molar-refractivity contribution in [2.24, 2.45) is 0 Å². The van der Waals surface area contributed by atoms with Crippen molar-refractivity contribution in [1.29, 1.82) is 0 Å². The highest BCUT2D eigenvalue weighted by Crippen LogP contribution is 1.88. The molecule has 0 spiro atoms. The molecule has 0 aromatic rings. The Kier molecular flexibility index (Phi) is 3.29. The van der Waals surface area contributed by atoms with Gasteiger partial charge in [-0.2, -0.15) is 0 Å². The topological polar surface area (TPSA) is 22.8 Å². The lowest BCUT2D eigenvalue weighted by Gasteiger charge is -1.95. The smallest absolute Gasteiger partial charge is 0.289 e. The first kappa shape index (κ1) is 6.41. The monoisotopic (exact) mass is 101 g/mol. The van der Waals surface area contributed by atoms with Crippen molar-refractivity contribution in [1.82, 2.24) is 0 Å². The van der Waals surface area contributed by atoms with Gasteiger partial charge >= 0.3 is 6.41 Å². The third-order valence-corrected chi connectivity index (χ3v) is 0.509. The molecular formula is C4H7NO2. The van der Waals surface area contributed by atoms with Crippen LogP contribution in [0.2, 0.25) is 0 Å². The molecule has 0 amide bonds. The quantitative estimate of drug-likeness (QED) is 0.373. The van der Waals surface area contributed by atoms with Crippen LogP contribution >= 0.6 is 0 Å². The predicted molar refractivity (Wildman–Crippen MR) is 24.4 cm³/mol. The van der Waals surface area contributed by atoms with E-state index in [0.29, 0.717) is 0 Å². The number of hydrogen-bond donors (Lipinski definition) is 0. The first-order valence-electron chi connectivity index (χ1n) is 1.77. The molecule has 0 fully saturated rings. The van der Waals surface area contributed by atoms with Crippen molar-refractivity contribution < 1.29 is 9.47 Å². The Morgan fingerprint density at radius 3 is 1.86 bits per heavy atom. The van der Waals surface area contributed by atoms with Crippen LogP contribution in [0.15, 0.2) is 0 Å². The van der Waals surface area contributed by atoms with E-state index in [1.807, 2.05) is 0 Å². The summed E-state index contributed by atoms with van der Waals surface area (Å²) in [5.41, 5.74) is 0. The van der Waals surface area contributed by atoms with Crippen molar-refractivity contribution in [3.8, 4) is 0 Å². The fourth-order valence-electron chi connectivity index (χ4n) is 0.202. The van der Waals surface area contributed by atoms with E-state index in [1.165, 1.54) is 14.2 Å². The molecule has 7 heavy (non-hydrogen) atoms. The first-order chi connectivity index (χ1) is 3.35. The van der Waals surface area contributed by atoms with Gasteiger partial charge in [0.05, 0.1) is 0 Å². The van der Waals surface area contributed by atoms with Gasteiger partial charge in [-0.15, -0.1) is 0 Å². The molecule has 0 atom stereocenters. The van der Waals surface area contributed by atoms with Gasteiger partial charge in [0.15, 0.2) is 0 Å². The van der Waals surface area contributed by atoms with E-state index >= 15 is 0 Å². The minimum absolute atomic E-state index is 0.722. The Bertz CT molecular complexity index is 72.2. The van der Waals surface area contributed by atoms with Gasteiger partial charge in [0.1, 0.15) is 0 Å². The van der Waals surface area contributed by atoms with E-state index in [4.69, 9.17) is 6.57 Å². The molecule has 0 aliphatic heterocycles. The molecule has 0 N–H and O–H groups in total. The van der Waals surface area contributed by atoms with E-state index in [9.17, 15) is 0 Å². The Morgan fingerprint density at radius 2 is 1.86 bits per heavy atom. The first-order valence-corrected chi connectivity index (χ1v) is 1.77. The molecule has 40 valence electrons. The van der Waals surface area contributed by atoms with Gasteiger partial charge in [0.25, 0.3) is 0 Å². The molecular weight excluding hydrogens is 94.0 g/mol. The van der Waals surface area contributed by atoms with Gasteiger partial charge in [-0.3, -0.25) is 14.3 Å². The highest BCUT2D eigenvalue weighted by atomic mass is 16.7. The number of ether oxygens (including phenoxy) is 2. The highest BCUT2D eigenvalue weighted by Gasteiger charge is 2.03. The number of methoxy groups -OCH3 is 2. The van der Waals surface area contributed by atoms with E-state index in [0.717, 1.165) is 0 Å². The second kappa shape index (κ2) is 3.59. The van der Waals surface area contributed by atoms with E-state index in [2.05, 4.69) is 14.3 Å². The summed E-state index contributed by atoms with van der Waals surface area (Å²) in [4.78, 5) is 2.93. The Morgan fingerprint density at radius 1 is 1.43 bits per heavy atom. The Balaban J connectivity index is 3.23. The van der Waals surface area contributed by atoms with Crippen molar-refractivity contribution in [3.05, 3.63) is 11.4 Å². The maximum atomic E-state index is 6.33. The molecule has 0 saturated heterocycles. The zero-order valence-corrected chi connectivity index (χ0v) is 4.34. The summed E-state index contributed by atoms with van der Waals surface area (Å²) in [6, 6.07) is 0. The molecule has 0 saturated carbocycles. The fraction of sp³-hybridized carbons (Fsp3) is 0.750. The Hall–Kier alpha value is -0.590. The average Bonchev–Trinajstić information content (AvgIpc) is 1.72. The molecule has 3 heteroatoms. The van der Waals surface area contributed by atoms with Crippen LogP contribution in [-0.4, -0.2) is 20.6 Å². The van der Waals surface area contributed by atoms with Crippen LogP contribution in [0.25, 0.3) is 4.85 Å². The maximum absolute atomic E-state index is 6.33. The zero-order chi connectivity index (χ0) is 5.70. The molecule has 0 rings (SSSR count). The summed E-state index contributed by atoms with van der Waals surface area (Å²) in [7, 11) is 2.85. The molecule has 3 nitrogen and oxygen atoms in total. The van der Waals surface area contributed by atoms with Crippen LogP contribution in [0.1, 0.15) is 0 Å². The fourth-order valence-corrected chi connectivity index (χ4v) is 0.202. The van der Waals surface area contributed by atoms with Crippen molar-refractivity contribution in [2.75, 3.05) is 14.2 Å². The summed E-state index contributed by atoms with van der Waals surface area (Å²) in [5.74, 6) is 0. The molecule has 0 aliphatic carbocycles. The van der Waals surface area contributed by atoms with Crippen LogP contribution in [0.5, 0.6) is 0 Å². The molecule has 0 aromatic heterocycles. The minimum Gasteiger partial charge on any atom is -0.289 e. The van der Waals surface area contributed by atoms with E-state index in [1.54, 1.807) is 0 Å². The normalized spacial score (nSPS) is 8.86. The van der Waals surface area contributed by atoms with Gasteiger partial charge in [0.2, 0.25) is 0 Å². The number of rotatable bonds is 2. The number of nitrogens with zero attached hydrogens (tertiary/aromatic N) is 1. The standard InChI is InChI=1S/C4H7NO2/c1-5-4(6-2)7-3/h4H,2-3H3. The summed E-state index contributed by atoms with van der Waals surface area (Å²) >= 11 is 0. The molecule has 0 aliphatic rings. The summed E-state index contributed by atoms with van der Waals surface area (Å²) in [6.07, 6.45) is -0.722. The highest BCUT2D eigenvalue weighted by molar-refractivity contribution is 4.53. The third-order valence-electron chi connectivity index (χ3n) is 0.509. The maximum Gasteiger partial charge on any atom is 0.446 e. The molecule has 0 radical (unpaired) electrons. The lowest BCUT2D eigenvalue weighted by atomic mass is 11.1. The van der Waals surface area contributed by atoms with E-state index < -0.39 is 6.41 Å². The number of hydrogen-bond acceptors (Lipinski definition) is 2. The van der Waals surface area contributed by atoms with Crippen molar-refractivity contribution in [3.63, 3.8) is 0 Å². The van der Waals surface area contributed by atoms with Gasteiger partial charge in [-0.25, -0.2) is 6.57 Å².